The van der Waals surface area contributed by atoms with Crippen LogP contribution in [0.25, 0.3) is 11.4 Å². The Bertz CT molecular complexity index is 947. The number of rotatable bonds is 7. The van der Waals surface area contributed by atoms with E-state index in [-0.39, 0.29) is 16.8 Å². The lowest BCUT2D eigenvalue weighted by atomic mass is 10.2. The first-order valence-electron chi connectivity index (χ1n) is 8.25. The Balaban J connectivity index is 1.69. The molecule has 1 N–H and O–H groups in total. The van der Waals surface area contributed by atoms with Crippen LogP contribution in [0, 0.1) is 0 Å². The number of amides is 1. The summed E-state index contributed by atoms with van der Waals surface area (Å²) in [5.41, 5.74) is 1.34. The van der Waals surface area contributed by atoms with Gasteiger partial charge in [0.05, 0.1) is 23.6 Å². The first-order chi connectivity index (χ1) is 13.1. The van der Waals surface area contributed by atoms with Crippen LogP contribution in [0.3, 0.4) is 0 Å². The number of hydrogen-bond donors (Lipinski definition) is 1. The van der Waals surface area contributed by atoms with Crippen LogP contribution in [0.1, 0.15) is 6.92 Å². The molecule has 3 rings (SSSR count). The lowest BCUT2D eigenvalue weighted by Crippen LogP contribution is -2.15. The van der Waals surface area contributed by atoms with E-state index >= 15 is 0 Å². The maximum absolute atomic E-state index is 12.2. The molecule has 140 valence electrons. The zero-order valence-corrected chi connectivity index (χ0v) is 16.4. The number of ether oxygens (including phenoxy) is 1. The van der Waals surface area contributed by atoms with Gasteiger partial charge in [0.2, 0.25) is 5.91 Å². The third-order valence-electron chi connectivity index (χ3n) is 3.63. The fraction of sp³-hybridized carbons (Fsp3) is 0.222. The molecule has 0 aliphatic carbocycles. The number of benzene rings is 1. The van der Waals surface area contributed by atoms with Gasteiger partial charge >= 0.3 is 0 Å². The highest BCUT2D eigenvalue weighted by Crippen LogP contribution is 2.30. The molecule has 1 aromatic carbocycles. The van der Waals surface area contributed by atoms with E-state index in [0.29, 0.717) is 23.3 Å². The van der Waals surface area contributed by atoms with Crippen molar-refractivity contribution in [1.29, 1.82) is 0 Å². The summed E-state index contributed by atoms with van der Waals surface area (Å²) >= 11 is 7.24. The van der Waals surface area contributed by atoms with Crippen molar-refractivity contribution in [2.75, 3.05) is 17.7 Å². The molecular formula is C18H18ClN5O2S. The predicted octanol–water partition coefficient (Wildman–Crippen LogP) is 3.66. The molecule has 0 spiro atoms. The highest BCUT2D eigenvalue weighted by atomic mass is 35.5. The largest absolute Gasteiger partial charge is 0.493 e. The lowest BCUT2D eigenvalue weighted by molar-refractivity contribution is -0.113. The molecule has 0 saturated carbocycles. The Hall–Kier alpha value is -2.58. The number of nitrogens with one attached hydrogen (secondary N) is 1. The Labute approximate surface area is 166 Å². The summed E-state index contributed by atoms with van der Waals surface area (Å²) in [6, 6.07) is 11.1. The van der Waals surface area contributed by atoms with Crippen molar-refractivity contribution in [2.24, 2.45) is 7.05 Å². The molecule has 7 nitrogen and oxygen atoms in total. The molecule has 9 heteroatoms. The number of nitrogens with zero attached hydrogens (tertiary/aromatic N) is 4. The molecular weight excluding hydrogens is 386 g/mol. The number of hydrogen-bond acceptors (Lipinski definition) is 6. The van der Waals surface area contributed by atoms with E-state index in [2.05, 4.69) is 20.5 Å². The molecule has 0 atom stereocenters. The molecule has 2 heterocycles. The van der Waals surface area contributed by atoms with Crippen LogP contribution >= 0.6 is 23.4 Å². The van der Waals surface area contributed by atoms with Crippen molar-refractivity contribution >= 4 is 35.0 Å². The molecule has 0 radical (unpaired) electrons. The Morgan fingerprint density at radius 1 is 1.26 bits per heavy atom. The third-order valence-corrected chi connectivity index (χ3v) is 4.95. The average molecular weight is 404 g/mol. The quantitative estimate of drug-likeness (QED) is 0.479. The van der Waals surface area contributed by atoms with Crippen molar-refractivity contribution in [2.45, 2.75) is 12.1 Å². The molecule has 27 heavy (non-hydrogen) atoms. The standard InChI is InChI=1S/C18H18ClN5O2S/c1-3-26-14-9-5-4-7-12(14)17-22-23-18(24(17)2)27-11-15(25)21-13-8-6-10-20-16(13)19/h4-10H,3,11H2,1-2H3,(H,21,25). The van der Waals surface area contributed by atoms with Crippen molar-refractivity contribution in [3.8, 4) is 17.1 Å². The van der Waals surface area contributed by atoms with E-state index in [1.807, 2.05) is 42.8 Å². The van der Waals surface area contributed by atoms with Gasteiger partial charge in [-0.15, -0.1) is 10.2 Å². The monoisotopic (exact) mass is 403 g/mol. The minimum atomic E-state index is -0.200. The topological polar surface area (TPSA) is 81.9 Å². The van der Waals surface area contributed by atoms with E-state index in [1.54, 1.807) is 18.3 Å². The Kier molecular flexibility index (Phi) is 6.31. The van der Waals surface area contributed by atoms with Crippen LogP contribution < -0.4 is 10.1 Å². The average Bonchev–Trinajstić information content (AvgIpc) is 3.03. The number of pyridine rings is 1. The van der Waals surface area contributed by atoms with Gasteiger partial charge in [-0.1, -0.05) is 35.5 Å². The molecule has 0 aliphatic heterocycles. The zero-order chi connectivity index (χ0) is 19.2. The van der Waals surface area contributed by atoms with Gasteiger partial charge in [-0.3, -0.25) is 4.79 Å². The molecule has 0 bridgehead atoms. The van der Waals surface area contributed by atoms with E-state index < -0.39 is 0 Å². The summed E-state index contributed by atoms with van der Waals surface area (Å²) in [7, 11) is 1.86. The van der Waals surface area contributed by atoms with E-state index in [1.165, 1.54) is 11.8 Å². The fourth-order valence-electron chi connectivity index (χ4n) is 2.40. The normalized spacial score (nSPS) is 10.6. The van der Waals surface area contributed by atoms with Crippen LogP contribution in [-0.2, 0) is 11.8 Å². The molecule has 0 aliphatic rings. The summed E-state index contributed by atoms with van der Waals surface area (Å²) in [6.45, 7) is 2.50. The maximum Gasteiger partial charge on any atom is 0.234 e. The van der Waals surface area contributed by atoms with Crippen LogP contribution in [0.2, 0.25) is 5.15 Å². The summed E-state index contributed by atoms with van der Waals surface area (Å²) in [4.78, 5) is 16.1. The van der Waals surface area contributed by atoms with Gasteiger partial charge < -0.3 is 14.6 Å². The Morgan fingerprint density at radius 3 is 2.85 bits per heavy atom. The summed E-state index contributed by atoms with van der Waals surface area (Å²) in [5, 5.41) is 12.1. The maximum atomic E-state index is 12.2. The minimum absolute atomic E-state index is 0.171. The van der Waals surface area contributed by atoms with Crippen molar-refractivity contribution < 1.29 is 9.53 Å². The summed E-state index contributed by atoms with van der Waals surface area (Å²) in [5.74, 6) is 1.40. The van der Waals surface area contributed by atoms with Gasteiger partial charge in [-0.2, -0.15) is 0 Å². The molecule has 2 aromatic heterocycles. The van der Waals surface area contributed by atoms with Gasteiger partial charge in [-0.05, 0) is 31.2 Å². The van der Waals surface area contributed by atoms with Crippen molar-refractivity contribution in [3.05, 3.63) is 47.7 Å². The number of carbonyl (C=O) groups excluding carboxylic acids is 1. The molecule has 1 amide bonds. The highest BCUT2D eigenvalue weighted by molar-refractivity contribution is 7.99. The molecule has 0 unspecified atom stereocenters. The second-order valence-corrected chi connectivity index (χ2v) is 6.77. The first-order valence-corrected chi connectivity index (χ1v) is 9.61. The number of aromatic nitrogens is 4. The fourth-order valence-corrected chi connectivity index (χ4v) is 3.28. The van der Waals surface area contributed by atoms with Crippen molar-refractivity contribution in [3.63, 3.8) is 0 Å². The minimum Gasteiger partial charge on any atom is -0.493 e. The number of carbonyl (C=O) groups is 1. The van der Waals surface area contributed by atoms with E-state index in [4.69, 9.17) is 16.3 Å². The molecule has 0 fully saturated rings. The first kappa shape index (κ1) is 19.2. The van der Waals surface area contributed by atoms with Crippen LogP contribution in [-0.4, -0.2) is 38.0 Å². The van der Waals surface area contributed by atoms with Gasteiger partial charge in [0.15, 0.2) is 16.1 Å². The van der Waals surface area contributed by atoms with E-state index in [0.717, 1.165) is 11.3 Å². The van der Waals surface area contributed by atoms with E-state index in [9.17, 15) is 4.79 Å². The van der Waals surface area contributed by atoms with Crippen LogP contribution in [0.5, 0.6) is 5.75 Å². The number of anilines is 1. The lowest BCUT2D eigenvalue weighted by Gasteiger charge is -2.09. The zero-order valence-electron chi connectivity index (χ0n) is 14.8. The van der Waals surface area contributed by atoms with Gasteiger partial charge in [0.1, 0.15) is 5.75 Å². The summed E-state index contributed by atoms with van der Waals surface area (Å²) < 4.78 is 7.50. The second kappa shape index (κ2) is 8.88. The number of halogens is 1. The Morgan fingerprint density at radius 2 is 2.07 bits per heavy atom. The van der Waals surface area contributed by atoms with Gasteiger partial charge in [-0.25, -0.2) is 4.98 Å². The summed E-state index contributed by atoms with van der Waals surface area (Å²) in [6.07, 6.45) is 1.56. The van der Waals surface area contributed by atoms with Crippen LogP contribution in [0.4, 0.5) is 5.69 Å². The SMILES string of the molecule is CCOc1ccccc1-c1nnc(SCC(=O)Nc2cccnc2Cl)n1C. The molecule has 3 aromatic rings. The highest BCUT2D eigenvalue weighted by Gasteiger charge is 2.16. The second-order valence-electron chi connectivity index (χ2n) is 5.47. The van der Waals surface area contributed by atoms with Crippen LogP contribution in [0.15, 0.2) is 47.8 Å². The number of thioether (sulfide) groups is 1. The van der Waals surface area contributed by atoms with Gasteiger partial charge in [0, 0.05) is 13.2 Å². The van der Waals surface area contributed by atoms with Crippen molar-refractivity contribution in [1.82, 2.24) is 19.7 Å². The van der Waals surface area contributed by atoms with Gasteiger partial charge in [0.25, 0.3) is 0 Å². The third kappa shape index (κ3) is 4.58. The molecule has 0 saturated heterocycles. The predicted molar refractivity (Wildman–Crippen MR) is 106 cm³/mol. The number of para-hydroxylation sites is 1. The smallest absolute Gasteiger partial charge is 0.234 e.